The Morgan fingerprint density at radius 3 is 2.72 bits per heavy atom. The van der Waals surface area contributed by atoms with Gasteiger partial charge in [-0.05, 0) is 65.3 Å². The molecule has 0 radical (unpaired) electrons. The van der Waals surface area contributed by atoms with Gasteiger partial charge in [0.1, 0.15) is 0 Å². The highest BCUT2D eigenvalue weighted by Crippen LogP contribution is 2.30. The van der Waals surface area contributed by atoms with Crippen LogP contribution in [0.25, 0.3) is 10.4 Å². The molecule has 0 spiro atoms. The standard InChI is InChI=1S/C15H15IOS/c1-3-4-13(17)15-8-7-14(18-15)11-6-5-10(2)12(16)9-11/h5-9H,3-4H2,1-2H3. The molecule has 94 valence electrons. The fourth-order valence-corrected chi connectivity index (χ4v) is 3.22. The van der Waals surface area contributed by atoms with Gasteiger partial charge < -0.3 is 0 Å². The van der Waals surface area contributed by atoms with E-state index in [1.807, 2.05) is 19.1 Å². The number of carbonyl (C=O) groups excluding carboxylic acids is 1. The summed E-state index contributed by atoms with van der Waals surface area (Å²) in [4.78, 5) is 13.9. The molecule has 0 bridgehead atoms. The van der Waals surface area contributed by atoms with Crippen molar-refractivity contribution in [3.05, 3.63) is 44.3 Å². The van der Waals surface area contributed by atoms with Crippen LogP contribution in [0.2, 0.25) is 0 Å². The van der Waals surface area contributed by atoms with Gasteiger partial charge in [0.05, 0.1) is 4.88 Å². The van der Waals surface area contributed by atoms with Crippen molar-refractivity contribution in [2.75, 3.05) is 0 Å². The quantitative estimate of drug-likeness (QED) is 0.527. The molecule has 18 heavy (non-hydrogen) atoms. The van der Waals surface area contributed by atoms with Gasteiger partial charge in [-0.15, -0.1) is 11.3 Å². The van der Waals surface area contributed by atoms with Crippen molar-refractivity contribution in [3.8, 4) is 10.4 Å². The molecule has 0 fully saturated rings. The third-order valence-electron chi connectivity index (χ3n) is 2.81. The molecule has 0 saturated heterocycles. The van der Waals surface area contributed by atoms with Crippen LogP contribution in [0.3, 0.4) is 0 Å². The minimum absolute atomic E-state index is 0.260. The Balaban J connectivity index is 2.29. The lowest BCUT2D eigenvalue weighted by molar-refractivity contribution is 0.0985. The zero-order valence-electron chi connectivity index (χ0n) is 10.5. The third kappa shape index (κ3) is 3.01. The third-order valence-corrected chi connectivity index (χ3v) is 5.15. The van der Waals surface area contributed by atoms with Gasteiger partial charge in [0.15, 0.2) is 5.78 Å². The zero-order valence-corrected chi connectivity index (χ0v) is 13.5. The van der Waals surface area contributed by atoms with E-state index in [-0.39, 0.29) is 5.78 Å². The van der Waals surface area contributed by atoms with Crippen molar-refractivity contribution >= 4 is 39.7 Å². The minimum Gasteiger partial charge on any atom is -0.293 e. The van der Waals surface area contributed by atoms with Gasteiger partial charge in [-0.25, -0.2) is 0 Å². The lowest BCUT2D eigenvalue weighted by Gasteiger charge is -2.01. The summed E-state index contributed by atoms with van der Waals surface area (Å²) in [7, 11) is 0. The van der Waals surface area contributed by atoms with Gasteiger partial charge in [-0.2, -0.15) is 0 Å². The average Bonchev–Trinajstić information content (AvgIpc) is 2.82. The summed E-state index contributed by atoms with van der Waals surface area (Å²) in [5.74, 6) is 0.260. The van der Waals surface area contributed by atoms with Gasteiger partial charge in [0.2, 0.25) is 0 Å². The van der Waals surface area contributed by atoms with Gasteiger partial charge in [0.25, 0.3) is 0 Å². The Hall–Kier alpha value is -0.680. The van der Waals surface area contributed by atoms with Gasteiger partial charge in [0, 0.05) is 14.9 Å². The van der Waals surface area contributed by atoms with E-state index in [0.29, 0.717) is 6.42 Å². The zero-order chi connectivity index (χ0) is 13.1. The van der Waals surface area contributed by atoms with E-state index in [1.54, 1.807) is 11.3 Å². The molecule has 1 aromatic heterocycles. The van der Waals surface area contributed by atoms with Gasteiger partial charge in [-0.3, -0.25) is 4.79 Å². The largest absolute Gasteiger partial charge is 0.293 e. The number of halogens is 1. The Morgan fingerprint density at radius 2 is 2.06 bits per heavy atom. The molecule has 0 atom stereocenters. The van der Waals surface area contributed by atoms with Crippen LogP contribution in [0.4, 0.5) is 0 Å². The minimum atomic E-state index is 0.260. The maximum absolute atomic E-state index is 11.8. The molecule has 0 N–H and O–H groups in total. The monoisotopic (exact) mass is 370 g/mol. The number of carbonyl (C=O) groups is 1. The molecule has 2 rings (SSSR count). The molecule has 0 aliphatic heterocycles. The molecular formula is C15H15IOS. The Labute approximate surface area is 125 Å². The normalized spacial score (nSPS) is 10.6. The number of hydrogen-bond acceptors (Lipinski definition) is 2. The maximum Gasteiger partial charge on any atom is 0.172 e. The molecule has 0 unspecified atom stereocenters. The first kappa shape index (κ1) is 13.7. The summed E-state index contributed by atoms with van der Waals surface area (Å²) < 4.78 is 1.26. The fraction of sp³-hybridized carbons (Fsp3) is 0.267. The van der Waals surface area contributed by atoms with Gasteiger partial charge in [-0.1, -0.05) is 19.1 Å². The van der Waals surface area contributed by atoms with E-state index >= 15 is 0 Å². The highest BCUT2D eigenvalue weighted by atomic mass is 127. The predicted octanol–water partition coefficient (Wildman–Crippen LogP) is 5.31. The van der Waals surface area contributed by atoms with Crippen LogP contribution in [0.5, 0.6) is 0 Å². The van der Waals surface area contributed by atoms with E-state index < -0.39 is 0 Å². The van der Waals surface area contributed by atoms with E-state index in [0.717, 1.165) is 11.3 Å². The molecular weight excluding hydrogens is 355 g/mol. The first-order valence-electron chi connectivity index (χ1n) is 6.01. The van der Waals surface area contributed by atoms with Crippen LogP contribution in [-0.2, 0) is 0 Å². The van der Waals surface area contributed by atoms with Crippen LogP contribution in [0, 0.1) is 10.5 Å². The van der Waals surface area contributed by atoms with Crippen LogP contribution < -0.4 is 0 Å². The summed E-state index contributed by atoms with van der Waals surface area (Å²) in [5.41, 5.74) is 2.49. The van der Waals surface area contributed by atoms with Crippen molar-refractivity contribution in [2.45, 2.75) is 26.7 Å². The highest BCUT2D eigenvalue weighted by Gasteiger charge is 2.09. The van der Waals surface area contributed by atoms with Crippen molar-refractivity contribution in [1.82, 2.24) is 0 Å². The van der Waals surface area contributed by atoms with E-state index in [4.69, 9.17) is 0 Å². The lowest BCUT2D eigenvalue weighted by Crippen LogP contribution is -1.93. The molecule has 1 heterocycles. The van der Waals surface area contributed by atoms with Crippen molar-refractivity contribution in [1.29, 1.82) is 0 Å². The molecule has 2 aromatic rings. The fourth-order valence-electron chi connectivity index (χ4n) is 1.74. The van der Waals surface area contributed by atoms with Crippen molar-refractivity contribution < 1.29 is 4.79 Å². The lowest BCUT2D eigenvalue weighted by atomic mass is 10.1. The van der Waals surface area contributed by atoms with E-state index in [2.05, 4.69) is 47.7 Å². The first-order valence-corrected chi connectivity index (χ1v) is 7.91. The summed E-state index contributed by atoms with van der Waals surface area (Å²) in [6.45, 7) is 4.14. The molecule has 3 heteroatoms. The predicted molar refractivity (Wildman–Crippen MR) is 86.4 cm³/mol. The molecule has 1 nitrogen and oxygen atoms in total. The molecule has 0 amide bonds. The second-order valence-corrected chi connectivity index (χ2v) is 6.55. The molecule has 0 saturated carbocycles. The SMILES string of the molecule is CCCC(=O)c1ccc(-c2ccc(C)c(I)c2)s1. The molecule has 0 aliphatic rings. The summed E-state index contributed by atoms with van der Waals surface area (Å²) >= 11 is 3.94. The van der Waals surface area contributed by atoms with Gasteiger partial charge >= 0.3 is 0 Å². The summed E-state index contributed by atoms with van der Waals surface area (Å²) in [6, 6.07) is 10.4. The number of ketones is 1. The Kier molecular flexibility index (Phi) is 4.56. The summed E-state index contributed by atoms with van der Waals surface area (Å²) in [5, 5.41) is 0. The number of hydrogen-bond donors (Lipinski definition) is 0. The number of benzene rings is 1. The van der Waals surface area contributed by atoms with E-state index in [1.165, 1.54) is 19.6 Å². The maximum atomic E-state index is 11.8. The smallest absolute Gasteiger partial charge is 0.172 e. The van der Waals surface area contributed by atoms with Crippen LogP contribution in [0.15, 0.2) is 30.3 Å². The average molecular weight is 370 g/mol. The number of Topliss-reactive ketones (excluding diaryl/α,β-unsaturated/α-hetero) is 1. The Morgan fingerprint density at radius 1 is 1.28 bits per heavy atom. The first-order chi connectivity index (χ1) is 8.61. The van der Waals surface area contributed by atoms with Crippen LogP contribution in [-0.4, -0.2) is 5.78 Å². The number of aryl methyl sites for hydroxylation is 1. The van der Waals surface area contributed by atoms with Crippen molar-refractivity contribution in [3.63, 3.8) is 0 Å². The number of rotatable bonds is 4. The second kappa shape index (κ2) is 5.97. The summed E-state index contributed by atoms with van der Waals surface area (Å²) in [6.07, 6.45) is 1.56. The van der Waals surface area contributed by atoms with Crippen molar-refractivity contribution in [2.24, 2.45) is 0 Å². The second-order valence-electron chi connectivity index (χ2n) is 4.30. The number of thiophene rings is 1. The topological polar surface area (TPSA) is 17.1 Å². The highest BCUT2D eigenvalue weighted by molar-refractivity contribution is 14.1. The molecule has 1 aromatic carbocycles. The molecule has 0 aliphatic carbocycles. The van der Waals surface area contributed by atoms with E-state index in [9.17, 15) is 4.79 Å². The van der Waals surface area contributed by atoms with Crippen LogP contribution >= 0.6 is 33.9 Å². The Bertz CT molecular complexity index is 572. The van der Waals surface area contributed by atoms with Crippen LogP contribution in [0.1, 0.15) is 35.0 Å².